The van der Waals surface area contributed by atoms with E-state index in [4.69, 9.17) is 10.7 Å². The molecule has 0 unspecified atom stereocenters. The molecule has 0 amide bonds. The van der Waals surface area contributed by atoms with Crippen LogP contribution in [0.25, 0.3) is 43.6 Å². The van der Waals surface area contributed by atoms with Gasteiger partial charge in [-0.15, -0.1) is 11.3 Å². The lowest BCUT2D eigenvalue weighted by molar-refractivity contribution is 0.629. The van der Waals surface area contributed by atoms with Crippen LogP contribution in [0.2, 0.25) is 0 Å². The third kappa shape index (κ3) is 2.65. The average molecular weight is 376 g/mol. The number of H-pyrrole nitrogens is 1. The summed E-state index contributed by atoms with van der Waals surface area (Å²) in [4.78, 5) is 8.15. The van der Waals surface area contributed by atoms with Gasteiger partial charge in [0.15, 0.2) is 0 Å². The van der Waals surface area contributed by atoms with Crippen LogP contribution in [0.15, 0.2) is 60.2 Å². The maximum Gasteiger partial charge on any atom is 0.126 e. The lowest BCUT2D eigenvalue weighted by Crippen LogP contribution is -2.08. The van der Waals surface area contributed by atoms with Gasteiger partial charge in [-0.1, -0.05) is 18.2 Å². The molecule has 4 nitrogen and oxygen atoms in total. The van der Waals surface area contributed by atoms with E-state index in [1.807, 2.05) is 24.5 Å². The van der Waals surface area contributed by atoms with Gasteiger partial charge >= 0.3 is 0 Å². The molecule has 2 aromatic carbocycles. The summed E-state index contributed by atoms with van der Waals surface area (Å²) in [5, 5.41) is 4.94. The van der Waals surface area contributed by atoms with Crippen molar-refractivity contribution < 1.29 is 4.39 Å². The first-order valence-corrected chi connectivity index (χ1v) is 9.63. The fraction of sp³-hybridized carbons (Fsp3) is 0.0952. The van der Waals surface area contributed by atoms with Crippen molar-refractivity contribution >= 4 is 33.1 Å². The van der Waals surface area contributed by atoms with Crippen LogP contribution in [0.3, 0.4) is 0 Å². The Labute approximate surface area is 159 Å². The zero-order chi connectivity index (χ0) is 18.4. The summed E-state index contributed by atoms with van der Waals surface area (Å²) in [6.45, 7) is 1.21. The van der Waals surface area contributed by atoms with Crippen molar-refractivity contribution in [1.29, 1.82) is 0 Å². The fourth-order valence-corrected chi connectivity index (χ4v) is 4.41. The number of rotatable bonds is 4. The highest BCUT2D eigenvalue weighted by atomic mass is 32.1. The van der Waals surface area contributed by atoms with Gasteiger partial charge in [0.2, 0.25) is 0 Å². The van der Waals surface area contributed by atoms with Crippen molar-refractivity contribution in [3.05, 3.63) is 66.1 Å². The molecule has 0 atom stereocenters. The van der Waals surface area contributed by atoms with Crippen molar-refractivity contribution in [2.24, 2.45) is 5.73 Å². The van der Waals surface area contributed by atoms with Gasteiger partial charge in [0.1, 0.15) is 10.8 Å². The Morgan fingerprint density at radius 3 is 2.89 bits per heavy atom. The number of benzene rings is 2. The molecule has 0 aliphatic carbocycles. The van der Waals surface area contributed by atoms with E-state index in [0.717, 1.165) is 43.6 Å². The number of nitrogens with zero attached hydrogens (tertiary/aromatic N) is 2. The first kappa shape index (κ1) is 16.2. The number of aromatic amines is 1. The number of hydrogen-bond acceptors (Lipinski definition) is 3. The predicted molar refractivity (Wildman–Crippen MR) is 109 cm³/mol. The van der Waals surface area contributed by atoms with E-state index in [1.165, 1.54) is 6.07 Å². The summed E-state index contributed by atoms with van der Waals surface area (Å²) in [5.74, 6) is -0.248. The van der Waals surface area contributed by atoms with E-state index < -0.39 is 0 Å². The number of thiazole rings is 1. The van der Waals surface area contributed by atoms with Gasteiger partial charge in [-0.2, -0.15) is 0 Å². The van der Waals surface area contributed by atoms with Crippen molar-refractivity contribution in [2.75, 3.05) is 6.54 Å². The molecular weight excluding hydrogens is 359 g/mol. The summed E-state index contributed by atoms with van der Waals surface area (Å²) in [7, 11) is 0. The van der Waals surface area contributed by atoms with Crippen LogP contribution in [0.1, 0.15) is 0 Å². The molecule has 0 fully saturated rings. The number of para-hydroxylation sites is 1. The molecule has 27 heavy (non-hydrogen) atoms. The lowest BCUT2D eigenvalue weighted by Gasteiger charge is -2.01. The van der Waals surface area contributed by atoms with E-state index in [1.54, 1.807) is 23.5 Å². The first-order valence-electron chi connectivity index (χ1n) is 8.75. The number of halogens is 1. The molecule has 0 saturated carbocycles. The van der Waals surface area contributed by atoms with Crippen LogP contribution in [-0.2, 0) is 6.54 Å². The highest BCUT2D eigenvalue weighted by molar-refractivity contribution is 7.13. The maximum absolute atomic E-state index is 13.9. The standard InChI is InChI=1S/C21H17FN4S/c22-13-5-6-20-15(9-13)17(11-26(20)8-7-23)21-25-19(12-27-21)16-10-24-18-4-2-1-3-14(16)18/h1-6,9-12,24H,7-8,23H2. The van der Waals surface area contributed by atoms with Crippen molar-refractivity contribution in [3.63, 3.8) is 0 Å². The number of fused-ring (bicyclic) bond motifs is 2. The number of hydrogen-bond donors (Lipinski definition) is 2. The van der Waals surface area contributed by atoms with Gasteiger partial charge in [-0.25, -0.2) is 9.37 Å². The zero-order valence-corrected chi connectivity index (χ0v) is 15.3. The van der Waals surface area contributed by atoms with E-state index in [0.29, 0.717) is 13.1 Å². The Morgan fingerprint density at radius 2 is 2.00 bits per heavy atom. The van der Waals surface area contributed by atoms with Crippen molar-refractivity contribution in [3.8, 4) is 21.8 Å². The van der Waals surface area contributed by atoms with Gasteiger partial charge in [0, 0.05) is 63.8 Å². The van der Waals surface area contributed by atoms with Crippen LogP contribution in [0, 0.1) is 5.82 Å². The molecular formula is C21H17FN4S. The largest absolute Gasteiger partial charge is 0.360 e. The predicted octanol–water partition coefficient (Wildman–Crippen LogP) is 5.01. The molecule has 0 bridgehead atoms. The number of aromatic nitrogens is 3. The van der Waals surface area contributed by atoms with Gasteiger partial charge in [0.05, 0.1) is 5.69 Å². The van der Waals surface area contributed by atoms with Gasteiger partial charge in [-0.3, -0.25) is 0 Å². The molecule has 134 valence electrons. The molecule has 0 radical (unpaired) electrons. The fourth-order valence-electron chi connectivity index (χ4n) is 3.57. The Balaban J connectivity index is 1.65. The molecule has 0 aliphatic heterocycles. The van der Waals surface area contributed by atoms with E-state index in [-0.39, 0.29) is 5.82 Å². The zero-order valence-electron chi connectivity index (χ0n) is 14.4. The topological polar surface area (TPSA) is 59.6 Å². The van der Waals surface area contributed by atoms with Crippen molar-refractivity contribution in [1.82, 2.24) is 14.5 Å². The Bertz CT molecular complexity index is 1260. The minimum Gasteiger partial charge on any atom is -0.360 e. The van der Waals surface area contributed by atoms with E-state index in [9.17, 15) is 4.39 Å². The normalized spacial score (nSPS) is 11.6. The maximum atomic E-state index is 13.9. The third-order valence-corrected chi connectivity index (χ3v) is 5.69. The molecule has 0 spiro atoms. The van der Waals surface area contributed by atoms with Crippen LogP contribution in [0.5, 0.6) is 0 Å². The third-order valence-electron chi connectivity index (χ3n) is 4.81. The Morgan fingerprint density at radius 1 is 1.11 bits per heavy atom. The van der Waals surface area contributed by atoms with E-state index >= 15 is 0 Å². The summed E-state index contributed by atoms with van der Waals surface area (Å²) in [6.07, 6.45) is 4.01. The number of nitrogens with one attached hydrogen (secondary N) is 1. The molecule has 0 saturated heterocycles. The lowest BCUT2D eigenvalue weighted by atomic mass is 10.1. The summed E-state index contributed by atoms with van der Waals surface area (Å²) < 4.78 is 15.9. The van der Waals surface area contributed by atoms with Gasteiger partial charge in [-0.05, 0) is 24.3 Å². The Hall–Kier alpha value is -2.96. The molecule has 6 heteroatoms. The highest BCUT2D eigenvalue weighted by Gasteiger charge is 2.16. The highest BCUT2D eigenvalue weighted by Crippen LogP contribution is 2.36. The molecule has 3 heterocycles. The summed E-state index contributed by atoms with van der Waals surface area (Å²) >= 11 is 1.57. The minimum absolute atomic E-state index is 0.248. The first-order chi connectivity index (χ1) is 13.2. The molecule has 5 rings (SSSR count). The molecule has 3 aromatic heterocycles. The summed E-state index contributed by atoms with van der Waals surface area (Å²) in [5.41, 5.74) is 10.7. The van der Waals surface area contributed by atoms with Gasteiger partial charge in [0.25, 0.3) is 0 Å². The van der Waals surface area contributed by atoms with Crippen LogP contribution >= 0.6 is 11.3 Å². The second-order valence-corrected chi connectivity index (χ2v) is 7.33. The van der Waals surface area contributed by atoms with Crippen LogP contribution in [-0.4, -0.2) is 21.1 Å². The minimum atomic E-state index is -0.248. The second-order valence-electron chi connectivity index (χ2n) is 6.47. The van der Waals surface area contributed by atoms with E-state index in [2.05, 4.69) is 27.1 Å². The average Bonchev–Trinajstić information content (AvgIpc) is 3.38. The van der Waals surface area contributed by atoms with Crippen LogP contribution < -0.4 is 5.73 Å². The van der Waals surface area contributed by atoms with Crippen molar-refractivity contribution in [2.45, 2.75) is 6.54 Å². The molecule has 3 N–H and O–H groups in total. The van der Waals surface area contributed by atoms with Gasteiger partial charge < -0.3 is 15.3 Å². The second kappa shape index (κ2) is 6.33. The van der Waals surface area contributed by atoms with Crippen LogP contribution in [0.4, 0.5) is 4.39 Å². The Kier molecular flexibility index (Phi) is 3.81. The summed E-state index contributed by atoms with van der Waals surface area (Å²) in [6, 6.07) is 13.0. The quantitative estimate of drug-likeness (QED) is 0.463. The molecule has 5 aromatic rings. The SMILES string of the molecule is NCCn1cc(-c2nc(-c3c[nH]c4ccccc34)cs2)c2cc(F)ccc21. The monoisotopic (exact) mass is 376 g/mol. The molecule has 0 aliphatic rings. The smallest absolute Gasteiger partial charge is 0.126 e. The number of nitrogens with two attached hydrogens (primary N) is 1.